The third-order valence-corrected chi connectivity index (χ3v) is 3.28. The van der Waals surface area contributed by atoms with E-state index in [0.29, 0.717) is 10.2 Å². The predicted molar refractivity (Wildman–Crippen MR) is 64.6 cm³/mol. The second-order valence-electron chi connectivity index (χ2n) is 3.85. The van der Waals surface area contributed by atoms with Crippen molar-refractivity contribution in [3.63, 3.8) is 0 Å². The molecule has 0 fully saturated rings. The number of hydrogen-bond donors (Lipinski definition) is 2. The van der Waals surface area contributed by atoms with Crippen molar-refractivity contribution >= 4 is 17.6 Å². The summed E-state index contributed by atoms with van der Waals surface area (Å²) in [5, 5.41) is 20.1. The van der Waals surface area contributed by atoms with E-state index in [9.17, 15) is 5.21 Å². The minimum Gasteiger partial charge on any atom is -0.594 e. The highest BCUT2D eigenvalue weighted by atomic mass is 32.2. The monoisotopic (exact) mass is 267 g/mol. The number of hydrogen-bond acceptors (Lipinski definition) is 6. The van der Waals surface area contributed by atoms with Crippen LogP contribution in [0, 0.1) is 19.1 Å². The molecule has 96 valence electrons. The van der Waals surface area contributed by atoms with Crippen LogP contribution in [0.2, 0.25) is 0 Å². The smallest absolute Gasteiger partial charge is 0.291 e. The Kier molecular flexibility index (Phi) is 3.62. The summed E-state index contributed by atoms with van der Waals surface area (Å²) >= 11 is 1.20. The lowest BCUT2D eigenvalue weighted by Crippen LogP contribution is -2.99. The van der Waals surface area contributed by atoms with Crippen molar-refractivity contribution in [1.82, 2.24) is 19.5 Å². The Bertz CT molecular complexity index is 549. The molecule has 8 heteroatoms. The van der Waals surface area contributed by atoms with Gasteiger partial charge >= 0.3 is 0 Å². The molecule has 2 aromatic heterocycles. The fourth-order valence-corrected chi connectivity index (χ4v) is 2.49. The van der Waals surface area contributed by atoms with E-state index in [0.717, 1.165) is 11.4 Å². The first-order valence-electron chi connectivity index (χ1n) is 5.22. The van der Waals surface area contributed by atoms with Gasteiger partial charge in [0.05, 0.1) is 0 Å². The summed E-state index contributed by atoms with van der Waals surface area (Å²) in [6.07, 6.45) is 1.47. The van der Waals surface area contributed by atoms with E-state index < -0.39 is 5.23 Å². The molecule has 2 N–H and O–H groups in total. The van der Waals surface area contributed by atoms with Crippen LogP contribution < -0.4 is 5.23 Å². The van der Waals surface area contributed by atoms with E-state index in [1.807, 2.05) is 19.9 Å². The van der Waals surface area contributed by atoms with Gasteiger partial charge in [-0.15, -0.1) is 0 Å². The van der Waals surface area contributed by atoms with Crippen LogP contribution in [0.5, 0.6) is 0 Å². The zero-order valence-corrected chi connectivity index (χ0v) is 11.0. The van der Waals surface area contributed by atoms with Crippen LogP contribution >= 0.6 is 11.8 Å². The van der Waals surface area contributed by atoms with Crippen molar-refractivity contribution in [1.29, 1.82) is 0 Å². The van der Waals surface area contributed by atoms with Gasteiger partial charge in [0.1, 0.15) is 6.33 Å². The lowest BCUT2D eigenvalue weighted by atomic mass is 10.4. The van der Waals surface area contributed by atoms with Crippen LogP contribution in [0.3, 0.4) is 0 Å². The van der Waals surface area contributed by atoms with Gasteiger partial charge in [0.2, 0.25) is 0 Å². The third kappa shape index (κ3) is 2.67. The maximum Gasteiger partial charge on any atom is 0.291 e. The van der Waals surface area contributed by atoms with Crippen LogP contribution in [-0.4, -0.2) is 24.7 Å². The summed E-state index contributed by atoms with van der Waals surface area (Å²) in [7, 11) is 1.74. The number of rotatable bonds is 3. The average molecular weight is 267 g/mol. The second kappa shape index (κ2) is 5.02. The molecular formula is C10H13N5O2S. The molecule has 0 aliphatic heterocycles. The molecule has 0 bridgehead atoms. The van der Waals surface area contributed by atoms with Crippen molar-refractivity contribution in [3.8, 4) is 0 Å². The Morgan fingerprint density at radius 2 is 1.94 bits per heavy atom. The molecular weight excluding hydrogens is 254 g/mol. The van der Waals surface area contributed by atoms with Gasteiger partial charge in [-0.25, -0.2) is 15.2 Å². The molecule has 2 aromatic rings. The largest absolute Gasteiger partial charge is 0.594 e. The van der Waals surface area contributed by atoms with E-state index in [2.05, 4.69) is 15.0 Å². The van der Waals surface area contributed by atoms with Gasteiger partial charge in [-0.05, 0) is 31.7 Å². The standard InChI is InChI=1S/C10H13N5O2S/c1-6-4-7(2)13-10(12-6)18-9-8(15(16)17)11-5-14(9)3/h4-5,15-16H,1-3H3. The van der Waals surface area contributed by atoms with Gasteiger partial charge in [-0.1, -0.05) is 0 Å². The molecule has 0 saturated carbocycles. The van der Waals surface area contributed by atoms with Gasteiger partial charge in [0.25, 0.3) is 5.82 Å². The SMILES string of the molecule is Cc1cc(C)nc(Sc2c([NH+]([O-])O)ncn2C)n1. The second-order valence-corrected chi connectivity index (χ2v) is 4.81. The van der Waals surface area contributed by atoms with Crippen molar-refractivity contribution in [3.05, 3.63) is 29.0 Å². The molecule has 0 aliphatic carbocycles. The topological polar surface area (TPSA) is 91.3 Å². The van der Waals surface area contributed by atoms with Crippen LogP contribution in [0.1, 0.15) is 11.4 Å². The molecule has 0 spiro atoms. The van der Waals surface area contributed by atoms with Crippen LogP contribution in [0.4, 0.5) is 5.82 Å². The van der Waals surface area contributed by atoms with Crippen LogP contribution in [0.15, 0.2) is 22.6 Å². The Hall–Kier alpha value is -1.48. The van der Waals surface area contributed by atoms with Gasteiger partial charge in [0, 0.05) is 18.4 Å². The summed E-state index contributed by atoms with van der Waals surface area (Å²) in [5.41, 5.74) is 1.70. The number of quaternary nitrogens is 1. The molecule has 1 unspecified atom stereocenters. The molecule has 0 amide bonds. The quantitative estimate of drug-likeness (QED) is 0.617. The van der Waals surface area contributed by atoms with Gasteiger partial charge < -0.3 is 9.77 Å². The van der Waals surface area contributed by atoms with Crippen LogP contribution in [-0.2, 0) is 7.05 Å². The van der Waals surface area contributed by atoms with Crippen molar-refractivity contribution < 1.29 is 10.4 Å². The summed E-state index contributed by atoms with van der Waals surface area (Å²) in [4.78, 5) is 12.4. The Morgan fingerprint density at radius 1 is 1.33 bits per heavy atom. The minimum atomic E-state index is -1.05. The van der Waals surface area contributed by atoms with Crippen molar-refractivity contribution in [2.75, 3.05) is 0 Å². The Morgan fingerprint density at radius 3 is 2.50 bits per heavy atom. The van der Waals surface area contributed by atoms with E-state index in [1.54, 1.807) is 11.6 Å². The number of imidazole rings is 1. The van der Waals surface area contributed by atoms with Gasteiger partial charge in [-0.3, -0.25) is 0 Å². The number of aryl methyl sites for hydroxylation is 3. The van der Waals surface area contributed by atoms with Crippen LogP contribution in [0.25, 0.3) is 0 Å². The van der Waals surface area contributed by atoms with Crippen molar-refractivity contribution in [2.45, 2.75) is 24.0 Å². The molecule has 0 saturated heterocycles. The Balaban J connectivity index is 2.36. The van der Waals surface area contributed by atoms with Gasteiger partial charge in [-0.2, -0.15) is 10.2 Å². The highest BCUT2D eigenvalue weighted by molar-refractivity contribution is 7.99. The molecule has 0 aromatic carbocycles. The molecule has 0 aliphatic rings. The summed E-state index contributed by atoms with van der Waals surface area (Å²) in [6.45, 7) is 3.75. The molecule has 2 heterocycles. The summed E-state index contributed by atoms with van der Waals surface area (Å²) in [5.74, 6) is 0.0188. The highest BCUT2D eigenvalue weighted by Gasteiger charge is 2.18. The molecule has 7 nitrogen and oxygen atoms in total. The number of nitrogens with one attached hydrogen (secondary N) is 1. The molecule has 18 heavy (non-hydrogen) atoms. The fraction of sp³-hybridized carbons (Fsp3) is 0.300. The first-order chi connectivity index (χ1) is 8.47. The zero-order chi connectivity index (χ0) is 13.3. The zero-order valence-electron chi connectivity index (χ0n) is 10.2. The molecule has 2 rings (SSSR count). The predicted octanol–water partition coefficient (Wildman–Crippen LogP) is 0.382. The van der Waals surface area contributed by atoms with E-state index in [1.165, 1.54) is 18.1 Å². The lowest BCUT2D eigenvalue weighted by molar-refractivity contribution is -0.994. The van der Waals surface area contributed by atoms with Gasteiger partial charge in [0.15, 0.2) is 10.2 Å². The average Bonchev–Trinajstić information content (AvgIpc) is 2.59. The first-order valence-corrected chi connectivity index (χ1v) is 6.04. The first kappa shape index (κ1) is 13.0. The van der Waals surface area contributed by atoms with E-state index in [-0.39, 0.29) is 5.82 Å². The summed E-state index contributed by atoms with van der Waals surface area (Å²) in [6, 6.07) is 1.87. The molecule has 0 radical (unpaired) electrons. The normalized spacial score (nSPS) is 12.7. The lowest BCUT2D eigenvalue weighted by Gasteiger charge is -2.10. The van der Waals surface area contributed by atoms with E-state index in [4.69, 9.17) is 5.21 Å². The summed E-state index contributed by atoms with van der Waals surface area (Å²) < 4.78 is 1.65. The van der Waals surface area contributed by atoms with E-state index >= 15 is 0 Å². The highest BCUT2D eigenvalue weighted by Crippen LogP contribution is 2.28. The number of aromatic nitrogens is 4. The maximum absolute atomic E-state index is 11.0. The fourth-order valence-electron chi connectivity index (χ4n) is 1.51. The Labute approximate surface area is 108 Å². The minimum absolute atomic E-state index is 0.0188. The maximum atomic E-state index is 11.0. The van der Waals surface area contributed by atoms with Crippen molar-refractivity contribution in [2.24, 2.45) is 7.05 Å². The third-order valence-electron chi connectivity index (χ3n) is 2.24. The molecule has 1 atom stereocenters. The number of nitrogens with zero attached hydrogens (tertiary/aromatic N) is 4.